The zero-order valence-corrected chi connectivity index (χ0v) is 16.7. The number of methoxy groups -OCH3 is 1. The molecule has 7 nitrogen and oxygen atoms in total. The summed E-state index contributed by atoms with van der Waals surface area (Å²) >= 11 is 0. The number of anilines is 1. The van der Waals surface area contributed by atoms with E-state index in [2.05, 4.69) is 10.5 Å². The van der Waals surface area contributed by atoms with E-state index in [1.54, 1.807) is 25.5 Å². The average Bonchev–Trinajstić information content (AvgIpc) is 3.21. The van der Waals surface area contributed by atoms with Crippen LogP contribution in [0.15, 0.2) is 72.0 Å². The summed E-state index contributed by atoms with van der Waals surface area (Å²) in [5.74, 6) is 0.715. The third kappa shape index (κ3) is 5.16. The van der Waals surface area contributed by atoms with E-state index in [1.807, 2.05) is 78.3 Å². The summed E-state index contributed by atoms with van der Waals surface area (Å²) in [4.78, 5) is 14.0. The Labute approximate surface area is 170 Å². The Bertz CT molecular complexity index is 978. The molecule has 0 atom stereocenters. The number of benzene rings is 2. The quantitative estimate of drug-likeness (QED) is 0.473. The van der Waals surface area contributed by atoms with Gasteiger partial charge in [-0.05, 0) is 48.5 Å². The van der Waals surface area contributed by atoms with Crippen LogP contribution in [0.1, 0.15) is 5.69 Å². The van der Waals surface area contributed by atoms with Gasteiger partial charge in [0.05, 0.1) is 19.0 Å². The molecule has 7 heteroatoms. The minimum absolute atomic E-state index is 0.162. The maximum absolute atomic E-state index is 12.0. The first-order valence-electron chi connectivity index (χ1n) is 9.11. The van der Waals surface area contributed by atoms with Gasteiger partial charge in [-0.3, -0.25) is 4.79 Å². The van der Waals surface area contributed by atoms with E-state index in [1.165, 1.54) is 0 Å². The molecule has 0 saturated carbocycles. The molecule has 3 rings (SSSR count). The van der Waals surface area contributed by atoms with Gasteiger partial charge in [-0.25, -0.2) is 5.43 Å². The van der Waals surface area contributed by atoms with E-state index < -0.39 is 0 Å². The number of carbonyl (C=O) groups excluding carboxylic acids is 1. The minimum atomic E-state index is -0.361. The Balaban J connectivity index is 1.58. The van der Waals surface area contributed by atoms with E-state index in [4.69, 9.17) is 9.47 Å². The van der Waals surface area contributed by atoms with Gasteiger partial charge < -0.3 is 18.9 Å². The molecular weight excluding hydrogens is 368 g/mol. The number of hydrogen-bond acceptors (Lipinski definition) is 5. The Hall–Kier alpha value is -3.74. The highest BCUT2D eigenvalue weighted by Crippen LogP contribution is 2.25. The molecular formula is C22H24N4O3. The number of hydrazone groups is 1. The number of rotatable bonds is 8. The average molecular weight is 392 g/mol. The van der Waals surface area contributed by atoms with Crippen molar-refractivity contribution in [1.29, 1.82) is 0 Å². The van der Waals surface area contributed by atoms with E-state index in [-0.39, 0.29) is 12.5 Å². The van der Waals surface area contributed by atoms with Crippen LogP contribution >= 0.6 is 0 Å². The van der Waals surface area contributed by atoms with E-state index in [0.29, 0.717) is 11.5 Å². The number of ether oxygens (including phenoxy) is 2. The number of carbonyl (C=O) groups is 1. The van der Waals surface area contributed by atoms with E-state index in [0.717, 1.165) is 17.1 Å². The van der Waals surface area contributed by atoms with Crippen LogP contribution in [0, 0.1) is 0 Å². The summed E-state index contributed by atoms with van der Waals surface area (Å²) < 4.78 is 12.7. The summed E-state index contributed by atoms with van der Waals surface area (Å²) in [5.41, 5.74) is 5.45. The molecule has 29 heavy (non-hydrogen) atoms. The Morgan fingerprint density at radius 1 is 1.07 bits per heavy atom. The Morgan fingerprint density at radius 2 is 1.79 bits per heavy atom. The predicted octanol–water partition coefficient (Wildman–Crippen LogP) is 3.08. The van der Waals surface area contributed by atoms with Crippen molar-refractivity contribution in [2.45, 2.75) is 0 Å². The van der Waals surface area contributed by atoms with Crippen LogP contribution in [0.25, 0.3) is 5.69 Å². The summed E-state index contributed by atoms with van der Waals surface area (Å²) in [7, 11) is 5.56. The number of amides is 1. The third-order valence-electron chi connectivity index (χ3n) is 4.24. The number of hydrogen-bond donors (Lipinski definition) is 1. The molecule has 150 valence electrons. The molecule has 0 aliphatic heterocycles. The molecule has 0 unspecified atom stereocenters. The van der Waals surface area contributed by atoms with Crippen molar-refractivity contribution >= 4 is 17.8 Å². The summed E-state index contributed by atoms with van der Waals surface area (Å²) in [5, 5.41) is 4.04. The second kappa shape index (κ2) is 9.45. The molecule has 0 aliphatic rings. The largest absolute Gasteiger partial charge is 0.493 e. The standard InChI is InChI=1S/C22H24N4O3/c1-25(2)17-10-12-18(13-11-17)26-14-6-7-19(26)15-23-24-22(27)16-29-21-9-5-4-8-20(21)28-3/h4-15H,16H2,1-3H3,(H,24,27)/b23-15+. The molecule has 0 bridgehead atoms. The van der Waals surface area contributed by atoms with Crippen LogP contribution in [0.4, 0.5) is 5.69 Å². The highest BCUT2D eigenvalue weighted by Gasteiger charge is 2.06. The lowest BCUT2D eigenvalue weighted by Crippen LogP contribution is -2.24. The lowest BCUT2D eigenvalue weighted by atomic mass is 10.2. The lowest BCUT2D eigenvalue weighted by molar-refractivity contribution is -0.123. The first-order valence-corrected chi connectivity index (χ1v) is 9.11. The topological polar surface area (TPSA) is 68.1 Å². The molecule has 0 aliphatic carbocycles. The van der Waals surface area contributed by atoms with Crippen molar-refractivity contribution in [1.82, 2.24) is 9.99 Å². The van der Waals surface area contributed by atoms with Gasteiger partial charge >= 0.3 is 0 Å². The molecule has 1 N–H and O–H groups in total. The fourth-order valence-corrected chi connectivity index (χ4v) is 2.73. The van der Waals surface area contributed by atoms with Crippen LogP contribution in [-0.2, 0) is 4.79 Å². The number of aromatic nitrogens is 1. The van der Waals surface area contributed by atoms with Crippen molar-refractivity contribution in [2.24, 2.45) is 5.10 Å². The minimum Gasteiger partial charge on any atom is -0.493 e. The Kier molecular flexibility index (Phi) is 6.52. The molecule has 0 spiro atoms. The van der Waals surface area contributed by atoms with Crippen molar-refractivity contribution in [3.05, 3.63) is 72.6 Å². The maximum Gasteiger partial charge on any atom is 0.277 e. The molecule has 1 amide bonds. The summed E-state index contributed by atoms with van der Waals surface area (Å²) in [6.45, 7) is -0.162. The molecule has 2 aromatic carbocycles. The van der Waals surface area contributed by atoms with Gasteiger partial charge in [-0.1, -0.05) is 12.1 Å². The normalized spacial score (nSPS) is 10.7. The van der Waals surface area contributed by atoms with Crippen LogP contribution in [0.3, 0.4) is 0 Å². The van der Waals surface area contributed by atoms with Gasteiger partial charge in [0, 0.05) is 31.7 Å². The van der Waals surface area contributed by atoms with Gasteiger partial charge in [0.25, 0.3) is 5.91 Å². The van der Waals surface area contributed by atoms with Gasteiger partial charge in [0.15, 0.2) is 18.1 Å². The first kappa shape index (κ1) is 20.0. The monoisotopic (exact) mass is 392 g/mol. The fourth-order valence-electron chi connectivity index (χ4n) is 2.73. The zero-order chi connectivity index (χ0) is 20.6. The third-order valence-corrected chi connectivity index (χ3v) is 4.24. The highest BCUT2D eigenvalue weighted by atomic mass is 16.5. The van der Waals surface area contributed by atoms with E-state index in [9.17, 15) is 4.79 Å². The van der Waals surface area contributed by atoms with Crippen molar-refractivity contribution < 1.29 is 14.3 Å². The van der Waals surface area contributed by atoms with Crippen LogP contribution in [0.2, 0.25) is 0 Å². The van der Waals surface area contributed by atoms with Crippen molar-refractivity contribution in [3.8, 4) is 17.2 Å². The van der Waals surface area contributed by atoms with Gasteiger partial charge in [0.1, 0.15) is 0 Å². The van der Waals surface area contributed by atoms with Gasteiger partial charge in [-0.2, -0.15) is 5.10 Å². The lowest BCUT2D eigenvalue weighted by Gasteiger charge is -2.13. The Morgan fingerprint density at radius 3 is 2.48 bits per heavy atom. The second-order valence-corrected chi connectivity index (χ2v) is 6.45. The smallest absolute Gasteiger partial charge is 0.277 e. The van der Waals surface area contributed by atoms with Crippen molar-refractivity contribution in [3.63, 3.8) is 0 Å². The zero-order valence-electron chi connectivity index (χ0n) is 16.7. The molecule has 0 radical (unpaired) electrons. The summed E-state index contributed by atoms with van der Waals surface area (Å²) in [6, 6.07) is 19.2. The highest BCUT2D eigenvalue weighted by molar-refractivity contribution is 5.82. The molecule has 1 heterocycles. The fraction of sp³-hybridized carbons (Fsp3) is 0.182. The maximum atomic E-state index is 12.0. The molecule has 1 aromatic heterocycles. The number of nitrogens with zero attached hydrogens (tertiary/aromatic N) is 3. The summed E-state index contributed by atoms with van der Waals surface area (Å²) in [6.07, 6.45) is 3.54. The predicted molar refractivity (Wildman–Crippen MR) is 114 cm³/mol. The SMILES string of the molecule is COc1ccccc1OCC(=O)N/N=C/c1cccn1-c1ccc(N(C)C)cc1. The number of para-hydroxylation sites is 2. The van der Waals surface area contributed by atoms with Crippen molar-refractivity contribution in [2.75, 3.05) is 32.7 Å². The van der Waals surface area contributed by atoms with Crippen LogP contribution in [-0.4, -0.2) is 44.5 Å². The van der Waals surface area contributed by atoms with Gasteiger partial charge in [0.2, 0.25) is 0 Å². The molecule has 0 saturated heterocycles. The van der Waals surface area contributed by atoms with Crippen LogP contribution < -0.4 is 19.8 Å². The molecule has 0 fully saturated rings. The first-order chi connectivity index (χ1) is 14.1. The number of nitrogens with one attached hydrogen (secondary N) is 1. The second-order valence-electron chi connectivity index (χ2n) is 6.45. The van der Waals surface area contributed by atoms with E-state index >= 15 is 0 Å². The molecule has 3 aromatic rings. The van der Waals surface area contributed by atoms with Gasteiger partial charge in [-0.15, -0.1) is 0 Å². The van der Waals surface area contributed by atoms with Crippen LogP contribution in [0.5, 0.6) is 11.5 Å².